The van der Waals surface area contributed by atoms with E-state index in [1.54, 1.807) is 12.1 Å². The molecule has 0 bridgehead atoms. The van der Waals surface area contributed by atoms with E-state index in [-0.39, 0.29) is 35.7 Å². The van der Waals surface area contributed by atoms with Gasteiger partial charge in [-0.25, -0.2) is 4.79 Å². The minimum atomic E-state index is -0.789. The lowest BCUT2D eigenvalue weighted by Crippen LogP contribution is -2.36. The number of nitrogens with zero attached hydrogens (tertiary/aromatic N) is 1. The van der Waals surface area contributed by atoms with Crippen LogP contribution in [0.4, 0.5) is 5.69 Å². The van der Waals surface area contributed by atoms with Crippen molar-refractivity contribution in [2.45, 2.75) is 26.8 Å². The van der Waals surface area contributed by atoms with Crippen molar-refractivity contribution < 1.29 is 23.9 Å². The Kier molecular flexibility index (Phi) is 7.31. The van der Waals surface area contributed by atoms with Crippen LogP contribution in [0.25, 0.3) is 11.1 Å². The largest absolute Gasteiger partial charge is 0.464 e. The number of hydrogen-bond donors (Lipinski definition) is 2. The monoisotopic (exact) mass is 461 g/mol. The number of carbonyl (C=O) groups is 4. The third-order valence-corrected chi connectivity index (χ3v) is 5.78. The van der Waals surface area contributed by atoms with Gasteiger partial charge in [0.2, 0.25) is 5.91 Å². The molecule has 0 aliphatic carbocycles. The van der Waals surface area contributed by atoms with Crippen LogP contribution in [-0.2, 0) is 25.7 Å². The molecule has 0 fully saturated rings. The highest BCUT2D eigenvalue weighted by Crippen LogP contribution is 2.34. The van der Waals surface area contributed by atoms with Crippen molar-refractivity contribution in [2.75, 3.05) is 12.4 Å². The lowest BCUT2D eigenvalue weighted by Gasteiger charge is -2.18. The molecule has 0 saturated carbocycles. The fourth-order valence-electron chi connectivity index (χ4n) is 3.51. The number of carbonyl (C=O) groups excluding carboxylic acids is 4. The second kappa shape index (κ2) is 10.2. The summed E-state index contributed by atoms with van der Waals surface area (Å²) in [5.41, 5.74) is 3.24. The summed E-state index contributed by atoms with van der Waals surface area (Å²) in [7, 11) is 1.17. The zero-order valence-corrected chi connectivity index (χ0v) is 19.4. The number of anilines is 1. The molecule has 3 rings (SSSR count). The molecule has 8 heteroatoms. The zero-order chi connectivity index (χ0) is 25.0. The van der Waals surface area contributed by atoms with Gasteiger partial charge in [-0.05, 0) is 41.3 Å². The third-order valence-electron chi connectivity index (χ3n) is 5.78. The van der Waals surface area contributed by atoms with Crippen molar-refractivity contribution in [1.29, 1.82) is 0 Å². The lowest BCUT2D eigenvalue weighted by molar-refractivity contribution is -0.137. The van der Waals surface area contributed by atoms with Crippen LogP contribution in [0.5, 0.6) is 0 Å². The van der Waals surface area contributed by atoms with Gasteiger partial charge >= 0.3 is 5.97 Å². The fraction of sp³-hybridized carbons (Fsp3) is 0.231. The molecule has 1 heterocycles. The Morgan fingerprint density at radius 1 is 1.09 bits per heavy atom. The van der Waals surface area contributed by atoms with Gasteiger partial charge in [-0.1, -0.05) is 51.3 Å². The smallest absolute Gasteiger partial charge is 0.353 e. The second-order valence-electron chi connectivity index (χ2n) is 7.97. The number of amides is 3. The molecule has 8 nitrogen and oxygen atoms in total. The predicted octanol–water partition coefficient (Wildman–Crippen LogP) is 3.61. The minimum Gasteiger partial charge on any atom is -0.464 e. The SMILES string of the molecule is C=C(NC(=O)C(=C)N1Cc2c(cccc2-c2ccc(NC(=O)C(C)CC)cc2)C1=O)C(=O)OC. The summed E-state index contributed by atoms with van der Waals surface area (Å²) in [6.07, 6.45) is 0.755. The van der Waals surface area contributed by atoms with Crippen molar-refractivity contribution in [3.63, 3.8) is 0 Å². The Labute approximate surface area is 198 Å². The standard InChI is InChI=1S/C26H27N3O5/c1-6-15(2)23(30)28-19-12-10-18(11-13-19)20-8-7-9-21-22(20)14-29(25(21)32)17(4)24(31)27-16(3)26(33)34-5/h7-13,15H,3-4,6,14H2,1-2,5H3,(H,27,31)(H,28,30). The van der Waals surface area contributed by atoms with Crippen molar-refractivity contribution in [2.24, 2.45) is 5.92 Å². The number of methoxy groups -OCH3 is 1. The van der Waals surface area contributed by atoms with Gasteiger partial charge in [0.15, 0.2) is 0 Å². The molecule has 0 aromatic heterocycles. The number of esters is 1. The normalized spacial score (nSPS) is 13.0. The van der Waals surface area contributed by atoms with Gasteiger partial charge in [-0.2, -0.15) is 0 Å². The maximum Gasteiger partial charge on any atom is 0.353 e. The van der Waals surface area contributed by atoms with Crippen molar-refractivity contribution in [1.82, 2.24) is 10.2 Å². The summed E-state index contributed by atoms with van der Waals surface area (Å²) in [4.78, 5) is 50.4. The summed E-state index contributed by atoms with van der Waals surface area (Å²) in [6, 6.07) is 12.7. The van der Waals surface area contributed by atoms with Crippen LogP contribution in [0.1, 0.15) is 36.2 Å². The van der Waals surface area contributed by atoms with E-state index in [9.17, 15) is 19.2 Å². The highest BCUT2D eigenvalue weighted by Gasteiger charge is 2.33. The van der Waals surface area contributed by atoms with Crippen LogP contribution >= 0.6 is 0 Å². The van der Waals surface area contributed by atoms with Gasteiger partial charge in [0.1, 0.15) is 11.4 Å². The number of benzene rings is 2. The number of fused-ring (bicyclic) bond motifs is 1. The molecule has 1 aliphatic rings. The summed E-state index contributed by atoms with van der Waals surface area (Å²) in [6.45, 7) is 11.2. The molecular weight excluding hydrogens is 434 g/mol. The number of ether oxygens (including phenoxy) is 1. The van der Waals surface area contributed by atoms with Crippen LogP contribution in [0, 0.1) is 5.92 Å². The average molecular weight is 462 g/mol. The first-order valence-electron chi connectivity index (χ1n) is 10.8. The van der Waals surface area contributed by atoms with E-state index in [4.69, 9.17) is 0 Å². The van der Waals surface area contributed by atoms with Crippen LogP contribution in [0.2, 0.25) is 0 Å². The summed E-state index contributed by atoms with van der Waals surface area (Å²) in [5.74, 6) is -1.99. The van der Waals surface area contributed by atoms with E-state index >= 15 is 0 Å². The van der Waals surface area contributed by atoms with Crippen LogP contribution in [-0.4, -0.2) is 35.7 Å². The maximum atomic E-state index is 13.0. The Balaban J connectivity index is 1.79. The van der Waals surface area contributed by atoms with Crippen LogP contribution in [0.3, 0.4) is 0 Å². The number of rotatable bonds is 8. The molecule has 2 aromatic carbocycles. The van der Waals surface area contributed by atoms with E-state index < -0.39 is 11.9 Å². The molecule has 3 amide bonds. The van der Waals surface area contributed by atoms with Crippen LogP contribution < -0.4 is 10.6 Å². The Bertz CT molecular complexity index is 1180. The molecule has 34 heavy (non-hydrogen) atoms. The Hall–Kier alpha value is -4.20. The molecule has 0 radical (unpaired) electrons. The first kappa shape index (κ1) is 24.4. The van der Waals surface area contributed by atoms with E-state index in [1.165, 1.54) is 12.0 Å². The molecule has 1 unspecified atom stereocenters. The van der Waals surface area contributed by atoms with Crippen molar-refractivity contribution in [3.05, 3.63) is 78.1 Å². The predicted molar refractivity (Wildman–Crippen MR) is 128 cm³/mol. The molecule has 2 aromatic rings. The zero-order valence-electron chi connectivity index (χ0n) is 19.4. The molecule has 2 N–H and O–H groups in total. The minimum absolute atomic E-state index is 0.0382. The van der Waals surface area contributed by atoms with E-state index in [0.29, 0.717) is 11.3 Å². The number of hydrogen-bond acceptors (Lipinski definition) is 5. The molecule has 0 saturated heterocycles. The Morgan fingerprint density at radius 2 is 1.74 bits per heavy atom. The van der Waals surface area contributed by atoms with Gasteiger partial charge in [0.05, 0.1) is 13.7 Å². The number of nitrogens with one attached hydrogen (secondary N) is 2. The van der Waals surface area contributed by atoms with Crippen molar-refractivity contribution >= 4 is 29.4 Å². The summed E-state index contributed by atoms with van der Waals surface area (Å²) >= 11 is 0. The maximum absolute atomic E-state index is 13.0. The molecule has 176 valence electrons. The fourth-order valence-corrected chi connectivity index (χ4v) is 3.51. The first-order chi connectivity index (χ1) is 16.2. The molecular formula is C26H27N3O5. The van der Waals surface area contributed by atoms with Gasteiger partial charge in [0.25, 0.3) is 11.8 Å². The van der Waals surface area contributed by atoms with Gasteiger partial charge < -0.3 is 15.4 Å². The quantitative estimate of drug-likeness (QED) is 0.462. The Morgan fingerprint density at radius 3 is 2.35 bits per heavy atom. The van der Waals surface area contributed by atoms with E-state index in [0.717, 1.165) is 23.1 Å². The molecule has 1 aliphatic heterocycles. The topological polar surface area (TPSA) is 105 Å². The summed E-state index contributed by atoms with van der Waals surface area (Å²) < 4.78 is 4.51. The summed E-state index contributed by atoms with van der Waals surface area (Å²) in [5, 5.41) is 5.19. The van der Waals surface area contributed by atoms with Gasteiger partial charge in [-0.3, -0.25) is 19.3 Å². The second-order valence-corrected chi connectivity index (χ2v) is 7.97. The van der Waals surface area contributed by atoms with Gasteiger partial charge in [-0.15, -0.1) is 0 Å². The highest BCUT2D eigenvalue weighted by atomic mass is 16.5. The lowest BCUT2D eigenvalue weighted by atomic mass is 9.97. The van der Waals surface area contributed by atoms with E-state index in [2.05, 4.69) is 28.5 Å². The van der Waals surface area contributed by atoms with E-state index in [1.807, 2.05) is 44.2 Å². The molecule has 0 spiro atoms. The third kappa shape index (κ3) is 4.91. The van der Waals surface area contributed by atoms with Gasteiger partial charge in [0, 0.05) is 17.2 Å². The first-order valence-corrected chi connectivity index (χ1v) is 10.8. The molecule has 1 atom stereocenters. The van der Waals surface area contributed by atoms with Crippen LogP contribution in [0.15, 0.2) is 67.0 Å². The van der Waals surface area contributed by atoms with Crippen molar-refractivity contribution in [3.8, 4) is 11.1 Å². The highest BCUT2D eigenvalue weighted by molar-refractivity contribution is 6.08. The average Bonchev–Trinajstić information content (AvgIpc) is 3.19.